The van der Waals surface area contributed by atoms with Gasteiger partial charge in [0, 0.05) is 36.2 Å². The van der Waals surface area contributed by atoms with E-state index in [1.807, 2.05) is 0 Å². The van der Waals surface area contributed by atoms with E-state index in [1.54, 1.807) is 46.0 Å². The summed E-state index contributed by atoms with van der Waals surface area (Å²) in [5.41, 5.74) is -0.342. The maximum absolute atomic E-state index is 14.3. The molecule has 0 aliphatic rings. The van der Waals surface area contributed by atoms with Crippen LogP contribution in [0.4, 0.5) is 19.4 Å². The van der Waals surface area contributed by atoms with Crippen LogP contribution in [0.15, 0.2) is 42.5 Å². The van der Waals surface area contributed by atoms with E-state index in [-0.39, 0.29) is 39.6 Å². The predicted octanol–water partition coefficient (Wildman–Crippen LogP) is 5.11. The van der Waals surface area contributed by atoms with Crippen molar-refractivity contribution in [2.75, 3.05) is 4.72 Å². The first kappa shape index (κ1) is 34.6. The lowest BCUT2D eigenvalue weighted by molar-refractivity contribution is 0.0891. The molecule has 0 saturated carbocycles. The third-order valence-electron chi connectivity index (χ3n) is 6.26. The SMILES string of the molecule is Cn1nc(NS(N)(=O)=O)c2c(Cl)ccc(-c3ccc(C#CC(C)(C)O)nc3[C@H](Cc3cc(F)cc(F)c3)OC(=O)NC(C)(C)C)c21. The minimum atomic E-state index is -4.22. The lowest BCUT2D eigenvalue weighted by atomic mass is 9.95. The number of nitrogens with one attached hydrogen (secondary N) is 2. The number of aliphatic hydroxyl groups is 1. The van der Waals surface area contributed by atoms with Gasteiger partial charge in [-0.15, -0.1) is 0 Å². The van der Waals surface area contributed by atoms with Crippen LogP contribution in [0, 0.1) is 23.5 Å². The molecule has 0 bridgehead atoms. The van der Waals surface area contributed by atoms with E-state index >= 15 is 0 Å². The molecule has 0 aliphatic carbocycles. The van der Waals surface area contributed by atoms with Gasteiger partial charge in [0.05, 0.1) is 21.6 Å². The number of hydrogen-bond donors (Lipinski definition) is 4. The Bertz CT molecular complexity index is 1970. The van der Waals surface area contributed by atoms with Crippen LogP contribution < -0.4 is 15.2 Å². The van der Waals surface area contributed by atoms with Crippen molar-refractivity contribution >= 4 is 44.6 Å². The molecule has 0 radical (unpaired) electrons. The zero-order valence-electron chi connectivity index (χ0n) is 25.9. The van der Waals surface area contributed by atoms with Gasteiger partial charge in [-0.2, -0.15) is 13.5 Å². The van der Waals surface area contributed by atoms with Crippen molar-refractivity contribution in [1.82, 2.24) is 20.1 Å². The van der Waals surface area contributed by atoms with Crippen LogP contribution in [-0.2, 0) is 28.4 Å². The summed E-state index contributed by atoms with van der Waals surface area (Å²) in [6.45, 7) is 8.25. The van der Waals surface area contributed by atoms with E-state index in [9.17, 15) is 27.1 Å². The number of amides is 1. The fraction of sp³-hybridized carbons (Fsp3) is 0.323. The molecule has 2 heterocycles. The summed E-state index contributed by atoms with van der Waals surface area (Å²) in [4.78, 5) is 17.8. The summed E-state index contributed by atoms with van der Waals surface area (Å²) in [6, 6.07) is 9.34. The molecule has 0 unspecified atom stereocenters. The number of carbonyl (C=O) groups excluding carboxylic acids is 1. The van der Waals surface area contributed by atoms with E-state index in [0.717, 1.165) is 18.2 Å². The van der Waals surface area contributed by atoms with E-state index in [1.165, 1.54) is 24.6 Å². The summed E-state index contributed by atoms with van der Waals surface area (Å²) in [5.74, 6) is 3.72. The lowest BCUT2D eigenvalue weighted by Crippen LogP contribution is -2.41. The first-order valence-electron chi connectivity index (χ1n) is 13.9. The van der Waals surface area contributed by atoms with Crippen molar-refractivity contribution in [3.63, 3.8) is 0 Å². The maximum Gasteiger partial charge on any atom is 0.408 e. The number of anilines is 1. The smallest absolute Gasteiger partial charge is 0.408 e. The number of pyridine rings is 1. The predicted molar refractivity (Wildman–Crippen MR) is 171 cm³/mol. The van der Waals surface area contributed by atoms with Crippen molar-refractivity contribution in [2.45, 2.75) is 58.3 Å². The molecule has 244 valence electrons. The summed E-state index contributed by atoms with van der Waals surface area (Å²) in [6.07, 6.45) is -2.26. The number of alkyl carbamates (subject to hydrolysis) is 1. The number of nitrogens with zero attached hydrogens (tertiary/aromatic N) is 3. The number of nitrogens with two attached hydrogens (primary N) is 1. The number of ether oxygens (including phenoxy) is 1. The van der Waals surface area contributed by atoms with Gasteiger partial charge >= 0.3 is 6.09 Å². The van der Waals surface area contributed by atoms with Crippen LogP contribution in [0.5, 0.6) is 0 Å². The Balaban J connectivity index is 2.01. The van der Waals surface area contributed by atoms with Crippen molar-refractivity contribution in [1.29, 1.82) is 0 Å². The first-order valence-corrected chi connectivity index (χ1v) is 15.8. The Labute approximate surface area is 270 Å². The monoisotopic (exact) mass is 674 g/mol. The molecule has 1 atom stereocenters. The Morgan fingerprint density at radius 2 is 1.74 bits per heavy atom. The van der Waals surface area contributed by atoms with E-state index in [4.69, 9.17) is 26.5 Å². The summed E-state index contributed by atoms with van der Waals surface area (Å²) in [7, 11) is -2.66. The third kappa shape index (κ3) is 8.91. The topological polar surface area (TPSA) is 161 Å². The first-order chi connectivity index (χ1) is 21.2. The van der Waals surface area contributed by atoms with Gasteiger partial charge in [0.15, 0.2) is 11.9 Å². The van der Waals surface area contributed by atoms with Gasteiger partial charge in [0.1, 0.15) is 22.9 Å². The van der Waals surface area contributed by atoms with Crippen molar-refractivity contribution in [2.24, 2.45) is 12.2 Å². The Morgan fingerprint density at radius 3 is 2.33 bits per heavy atom. The molecule has 46 heavy (non-hydrogen) atoms. The maximum atomic E-state index is 14.3. The van der Waals surface area contributed by atoms with E-state index in [0.29, 0.717) is 16.6 Å². The summed E-state index contributed by atoms with van der Waals surface area (Å²) < 4.78 is 61.7. The number of rotatable bonds is 7. The molecule has 0 fully saturated rings. The van der Waals surface area contributed by atoms with Crippen LogP contribution >= 0.6 is 11.6 Å². The standard InChI is InChI=1S/C31H33ClF2N6O5S/c1-30(2,3)37-29(41)45-24(15-17-13-18(33)16-19(34)14-17)26-21(8-7-20(36-26)11-12-31(4,5)42)22-9-10-23(32)25-27(22)40(6)38-28(25)39-46(35,43)44/h7-10,13-14,16,24,42H,15H2,1-6H3,(H,37,41)(H,38,39)(H2,35,43,44)/t24-/m0/s1. The van der Waals surface area contributed by atoms with Gasteiger partial charge in [-0.25, -0.2) is 23.7 Å². The Morgan fingerprint density at radius 1 is 1.11 bits per heavy atom. The Hall–Kier alpha value is -4.29. The normalized spacial score (nSPS) is 12.8. The second kappa shape index (κ2) is 12.8. The summed E-state index contributed by atoms with van der Waals surface area (Å²) in [5, 5.41) is 22.8. The minimum absolute atomic E-state index is 0.124. The molecule has 15 heteroatoms. The highest BCUT2D eigenvalue weighted by molar-refractivity contribution is 7.90. The minimum Gasteiger partial charge on any atom is -0.439 e. The second-order valence-corrected chi connectivity index (χ2v) is 13.8. The Kier molecular flexibility index (Phi) is 9.65. The number of halogens is 3. The van der Waals surface area contributed by atoms with Crippen LogP contribution in [0.25, 0.3) is 22.0 Å². The van der Waals surface area contributed by atoms with Gasteiger partial charge in [-0.1, -0.05) is 23.6 Å². The number of benzene rings is 2. The fourth-order valence-corrected chi connectivity index (χ4v) is 5.29. The molecular weight excluding hydrogens is 642 g/mol. The lowest BCUT2D eigenvalue weighted by Gasteiger charge is -2.25. The number of aryl methyl sites for hydroxylation is 1. The molecular formula is C31H33ClF2N6O5S. The van der Waals surface area contributed by atoms with Gasteiger partial charge in [0.2, 0.25) is 0 Å². The number of carbonyl (C=O) groups is 1. The van der Waals surface area contributed by atoms with Crippen LogP contribution in [-0.4, -0.2) is 45.5 Å². The van der Waals surface area contributed by atoms with E-state index < -0.39 is 45.2 Å². The molecule has 0 saturated heterocycles. The third-order valence-corrected chi connectivity index (χ3v) is 7.06. The summed E-state index contributed by atoms with van der Waals surface area (Å²) >= 11 is 6.51. The molecule has 11 nitrogen and oxygen atoms in total. The molecule has 2 aromatic carbocycles. The quantitative estimate of drug-likeness (QED) is 0.198. The van der Waals surface area contributed by atoms with Gasteiger partial charge in [0.25, 0.3) is 10.2 Å². The van der Waals surface area contributed by atoms with Crippen LogP contribution in [0.2, 0.25) is 5.02 Å². The second-order valence-electron chi connectivity index (χ2n) is 12.1. The van der Waals surface area contributed by atoms with Gasteiger partial charge < -0.3 is 15.2 Å². The van der Waals surface area contributed by atoms with Crippen molar-refractivity contribution in [3.8, 4) is 23.0 Å². The number of hydrogen-bond acceptors (Lipinski definition) is 7. The molecule has 2 aromatic heterocycles. The largest absolute Gasteiger partial charge is 0.439 e. The van der Waals surface area contributed by atoms with E-state index in [2.05, 4.69) is 27.0 Å². The molecule has 4 aromatic rings. The van der Waals surface area contributed by atoms with Crippen LogP contribution in [0.1, 0.15) is 57.7 Å². The molecule has 5 N–H and O–H groups in total. The zero-order valence-corrected chi connectivity index (χ0v) is 27.4. The molecule has 4 rings (SSSR count). The fourth-order valence-electron chi connectivity index (χ4n) is 4.64. The van der Waals surface area contributed by atoms with Crippen molar-refractivity contribution < 1.29 is 31.8 Å². The number of fused-ring (bicyclic) bond motifs is 1. The highest BCUT2D eigenvalue weighted by Gasteiger charge is 2.28. The molecule has 1 amide bonds. The molecule has 0 aliphatic heterocycles. The van der Waals surface area contributed by atoms with Crippen LogP contribution in [0.3, 0.4) is 0 Å². The highest BCUT2D eigenvalue weighted by Crippen LogP contribution is 2.40. The highest BCUT2D eigenvalue weighted by atomic mass is 35.5. The average Bonchev–Trinajstić information content (AvgIpc) is 3.20. The zero-order chi connectivity index (χ0) is 34.2. The van der Waals surface area contributed by atoms with Gasteiger partial charge in [-0.05, 0) is 76.4 Å². The van der Waals surface area contributed by atoms with Gasteiger partial charge in [-0.3, -0.25) is 9.40 Å². The number of aromatic nitrogens is 3. The average molecular weight is 675 g/mol. The molecule has 0 spiro atoms. The van der Waals surface area contributed by atoms with Crippen molar-refractivity contribution in [3.05, 3.63) is 76.1 Å².